The molecule has 0 spiro atoms. The summed E-state index contributed by atoms with van der Waals surface area (Å²) in [4.78, 5) is 14.5. The molecule has 1 aromatic carbocycles. The molecule has 1 aromatic rings. The first-order chi connectivity index (χ1) is 10.8. The molecule has 2 N–H and O–H groups in total. The lowest BCUT2D eigenvalue weighted by Gasteiger charge is -2.26. The van der Waals surface area contributed by atoms with Crippen molar-refractivity contribution in [2.75, 3.05) is 26.2 Å². The molecular weight excluding hydrogens is 310 g/mol. The molecule has 3 rings (SSSR count). The zero-order valence-electron chi connectivity index (χ0n) is 13.7. The van der Waals surface area contributed by atoms with E-state index >= 15 is 0 Å². The van der Waals surface area contributed by atoms with Crippen molar-refractivity contribution in [1.29, 1.82) is 0 Å². The van der Waals surface area contributed by atoms with Crippen molar-refractivity contribution in [3.8, 4) is 0 Å². The van der Waals surface area contributed by atoms with E-state index in [-0.39, 0.29) is 24.2 Å². The Labute approximate surface area is 145 Å². The fourth-order valence-corrected chi connectivity index (χ4v) is 3.22. The van der Waals surface area contributed by atoms with Gasteiger partial charge in [0, 0.05) is 26.2 Å². The van der Waals surface area contributed by atoms with Crippen molar-refractivity contribution >= 4 is 18.3 Å². The number of amides is 1. The van der Waals surface area contributed by atoms with Gasteiger partial charge in [-0.3, -0.25) is 9.69 Å². The summed E-state index contributed by atoms with van der Waals surface area (Å²) < 4.78 is 0. The Balaban J connectivity index is 0.00000192. The molecule has 0 aromatic heterocycles. The lowest BCUT2D eigenvalue weighted by Crippen LogP contribution is -2.50. The summed E-state index contributed by atoms with van der Waals surface area (Å²) in [6, 6.07) is 8.52. The fraction of sp³-hybridized carbons (Fsp3) is 0.611. The van der Waals surface area contributed by atoms with Crippen LogP contribution in [0.2, 0.25) is 0 Å². The summed E-state index contributed by atoms with van der Waals surface area (Å²) in [5, 5.41) is 6.24. The minimum Gasteiger partial charge on any atom is -0.352 e. The fourth-order valence-electron chi connectivity index (χ4n) is 3.22. The summed E-state index contributed by atoms with van der Waals surface area (Å²) in [7, 11) is 0. The molecule has 23 heavy (non-hydrogen) atoms. The van der Waals surface area contributed by atoms with Crippen LogP contribution in [0.5, 0.6) is 0 Å². The lowest BCUT2D eigenvalue weighted by atomic mass is 10.0. The lowest BCUT2D eigenvalue weighted by molar-refractivity contribution is -0.126. The molecule has 2 saturated heterocycles. The van der Waals surface area contributed by atoms with Crippen LogP contribution in [0.3, 0.4) is 0 Å². The quantitative estimate of drug-likeness (QED) is 0.866. The summed E-state index contributed by atoms with van der Waals surface area (Å²) in [6.45, 7) is 5.71. The number of rotatable bonds is 5. The van der Waals surface area contributed by atoms with Gasteiger partial charge in [0.1, 0.15) is 0 Å². The van der Waals surface area contributed by atoms with E-state index < -0.39 is 0 Å². The maximum Gasteiger partial charge on any atom is 0.225 e. The molecule has 2 heterocycles. The van der Waals surface area contributed by atoms with Gasteiger partial charge in [-0.25, -0.2) is 0 Å². The number of hydrogen-bond acceptors (Lipinski definition) is 3. The summed E-state index contributed by atoms with van der Waals surface area (Å²) in [6.07, 6.45) is 5.36. The monoisotopic (exact) mass is 337 g/mol. The van der Waals surface area contributed by atoms with Crippen molar-refractivity contribution in [3.05, 3.63) is 35.4 Å². The number of nitrogens with zero attached hydrogens (tertiary/aromatic N) is 1. The summed E-state index contributed by atoms with van der Waals surface area (Å²) in [5.41, 5.74) is 2.61. The molecule has 0 atom stereocenters. The normalized spacial score (nSPS) is 19.3. The zero-order valence-corrected chi connectivity index (χ0v) is 14.5. The Morgan fingerprint density at radius 3 is 2.35 bits per heavy atom. The minimum absolute atomic E-state index is 0. The second-order valence-corrected chi connectivity index (χ2v) is 6.53. The number of likely N-dealkylation sites (tertiary alicyclic amines) is 1. The van der Waals surface area contributed by atoms with Gasteiger partial charge in [0.15, 0.2) is 0 Å². The Morgan fingerprint density at radius 2 is 1.74 bits per heavy atom. The topological polar surface area (TPSA) is 44.4 Å². The predicted molar refractivity (Wildman–Crippen MR) is 95.6 cm³/mol. The molecular formula is C18H28ClN3O. The SMILES string of the molecule is Cl.O=C(NCc1ccccc1CN1CCCCCC1)C1CNC1. The van der Waals surface area contributed by atoms with E-state index in [1.165, 1.54) is 49.9 Å². The first kappa shape index (κ1) is 18.2. The number of carbonyl (C=O) groups is 1. The molecule has 0 aliphatic carbocycles. The van der Waals surface area contributed by atoms with Gasteiger partial charge in [-0.05, 0) is 37.1 Å². The van der Waals surface area contributed by atoms with Gasteiger partial charge in [-0.2, -0.15) is 0 Å². The van der Waals surface area contributed by atoms with E-state index in [1.807, 2.05) is 0 Å². The Bertz CT molecular complexity index is 497. The van der Waals surface area contributed by atoms with Gasteiger partial charge in [-0.1, -0.05) is 37.1 Å². The molecule has 0 saturated carbocycles. The largest absolute Gasteiger partial charge is 0.352 e. The second kappa shape index (κ2) is 9.26. The van der Waals surface area contributed by atoms with Crippen molar-refractivity contribution in [2.24, 2.45) is 5.92 Å². The Hall–Kier alpha value is -1.10. The van der Waals surface area contributed by atoms with Gasteiger partial charge >= 0.3 is 0 Å². The van der Waals surface area contributed by atoms with Gasteiger partial charge in [0.25, 0.3) is 0 Å². The molecule has 0 radical (unpaired) electrons. The Kier molecular flexibility index (Phi) is 7.34. The molecule has 5 heteroatoms. The summed E-state index contributed by atoms with van der Waals surface area (Å²) in [5.74, 6) is 0.348. The third-order valence-electron chi connectivity index (χ3n) is 4.82. The third kappa shape index (κ3) is 5.20. The molecule has 4 nitrogen and oxygen atoms in total. The van der Waals surface area contributed by atoms with Gasteiger partial charge in [0.2, 0.25) is 5.91 Å². The van der Waals surface area contributed by atoms with E-state index in [0.717, 1.165) is 19.6 Å². The summed E-state index contributed by atoms with van der Waals surface area (Å²) >= 11 is 0. The van der Waals surface area contributed by atoms with Crippen molar-refractivity contribution < 1.29 is 4.79 Å². The molecule has 2 aliphatic heterocycles. The average molecular weight is 338 g/mol. The molecule has 0 unspecified atom stereocenters. The van der Waals surface area contributed by atoms with Crippen molar-refractivity contribution in [1.82, 2.24) is 15.5 Å². The van der Waals surface area contributed by atoms with E-state index in [9.17, 15) is 4.79 Å². The second-order valence-electron chi connectivity index (χ2n) is 6.53. The highest BCUT2D eigenvalue weighted by atomic mass is 35.5. The van der Waals surface area contributed by atoms with Crippen LogP contribution in [0.25, 0.3) is 0 Å². The van der Waals surface area contributed by atoms with Gasteiger partial charge in [-0.15, -0.1) is 12.4 Å². The maximum absolute atomic E-state index is 12.0. The van der Waals surface area contributed by atoms with Crippen LogP contribution in [0.4, 0.5) is 0 Å². The van der Waals surface area contributed by atoms with Crippen molar-refractivity contribution in [3.63, 3.8) is 0 Å². The highest BCUT2D eigenvalue weighted by Gasteiger charge is 2.24. The van der Waals surface area contributed by atoms with Crippen LogP contribution in [-0.2, 0) is 17.9 Å². The number of benzene rings is 1. The van der Waals surface area contributed by atoms with Crippen LogP contribution in [0, 0.1) is 5.92 Å². The maximum atomic E-state index is 12.0. The molecule has 0 bridgehead atoms. The standard InChI is InChI=1S/C18H27N3O.ClH/c22-18(17-11-19-12-17)20-13-15-7-3-4-8-16(15)14-21-9-5-1-2-6-10-21;/h3-4,7-8,17,19H,1-2,5-6,9-14H2,(H,20,22);1H. The molecule has 2 fully saturated rings. The van der Waals surface area contributed by atoms with E-state index in [1.54, 1.807) is 0 Å². The minimum atomic E-state index is 0. The smallest absolute Gasteiger partial charge is 0.225 e. The van der Waals surface area contributed by atoms with Gasteiger partial charge in [0.05, 0.1) is 5.92 Å². The van der Waals surface area contributed by atoms with E-state index in [4.69, 9.17) is 0 Å². The highest BCUT2D eigenvalue weighted by Crippen LogP contribution is 2.16. The van der Waals surface area contributed by atoms with Gasteiger partial charge < -0.3 is 10.6 Å². The number of nitrogens with one attached hydrogen (secondary N) is 2. The molecule has 1 amide bonds. The number of carbonyl (C=O) groups excluding carboxylic acids is 1. The van der Waals surface area contributed by atoms with E-state index in [0.29, 0.717) is 6.54 Å². The van der Waals surface area contributed by atoms with Crippen LogP contribution in [0.15, 0.2) is 24.3 Å². The van der Waals surface area contributed by atoms with Crippen LogP contribution in [-0.4, -0.2) is 37.0 Å². The number of halogens is 1. The first-order valence-corrected chi connectivity index (χ1v) is 8.60. The molecule has 2 aliphatic rings. The predicted octanol–water partition coefficient (Wildman–Crippen LogP) is 2.32. The number of hydrogen-bond donors (Lipinski definition) is 2. The van der Waals surface area contributed by atoms with Crippen molar-refractivity contribution in [2.45, 2.75) is 38.8 Å². The first-order valence-electron chi connectivity index (χ1n) is 8.60. The zero-order chi connectivity index (χ0) is 15.2. The third-order valence-corrected chi connectivity index (χ3v) is 4.82. The van der Waals surface area contributed by atoms with Crippen LogP contribution in [0.1, 0.15) is 36.8 Å². The van der Waals surface area contributed by atoms with E-state index in [2.05, 4.69) is 39.8 Å². The van der Waals surface area contributed by atoms with Crippen LogP contribution >= 0.6 is 12.4 Å². The van der Waals surface area contributed by atoms with Crippen LogP contribution < -0.4 is 10.6 Å². The average Bonchev–Trinajstić information content (AvgIpc) is 2.73. The highest BCUT2D eigenvalue weighted by molar-refractivity contribution is 5.85. The Morgan fingerprint density at radius 1 is 1.09 bits per heavy atom. The molecule has 128 valence electrons.